The van der Waals surface area contributed by atoms with Gasteiger partial charge in [-0.3, -0.25) is 9.13 Å². The molecular weight excluding hydrogens is 602 g/mol. The zero-order valence-corrected chi connectivity index (χ0v) is 26.7. The molecular formula is C29H40Ar4O2P2. The maximum Gasteiger partial charge on any atom is 0.192 e. The first kappa shape index (κ1) is 52.3. The van der Waals surface area contributed by atoms with Crippen molar-refractivity contribution in [1.29, 1.82) is 0 Å². The fourth-order valence-electron chi connectivity index (χ4n) is 3.20. The molecule has 0 spiro atoms. The average molecular weight is 642 g/mol. The summed E-state index contributed by atoms with van der Waals surface area (Å²) >= 11 is 0. The number of hydrogen-bond acceptors (Lipinski definition) is 2. The topological polar surface area (TPSA) is 34.1 Å². The van der Waals surface area contributed by atoms with E-state index in [0.29, 0.717) is 10.6 Å². The van der Waals surface area contributed by atoms with Crippen molar-refractivity contribution in [2.45, 2.75) is 62.8 Å². The van der Waals surface area contributed by atoms with Crippen LogP contribution in [0.1, 0.15) is 62.8 Å². The SMILES string of the molecule is C.CC.CC.CC.CC.O=Pc1ccc2ccccc2c1-c1c(P=O)ccc2ccccc12.[Ar].[Ar].[Ar].[Ar]. The molecule has 0 amide bonds. The predicted octanol–water partition coefficient (Wildman–Crippen LogP) is 10.2. The zero-order chi connectivity index (χ0) is 24.5. The van der Waals surface area contributed by atoms with Gasteiger partial charge >= 0.3 is 0 Å². The Kier molecular flexibility index (Phi) is 46.8. The second-order valence-electron chi connectivity index (χ2n) is 5.54. The second-order valence-corrected chi connectivity index (χ2v) is 6.87. The molecule has 0 bridgehead atoms. The number of rotatable bonds is 3. The second kappa shape index (κ2) is 33.1. The van der Waals surface area contributed by atoms with E-state index in [1.807, 2.05) is 128 Å². The van der Waals surface area contributed by atoms with Gasteiger partial charge in [-0.1, -0.05) is 123 Å². The van der Waals surface area contributed by atoms with Crippen molar-refractivity contribution in [1.82, 2.24) is 0 Å². The van der Waals surface area contributed by atoms with E-state index >= 15 is 0 Å². The van der Waals surface area contributed by atoms with Gasteiger partial charge in [-0.05, 0) is 33.7 Å². The minimum absolute atomic E-state index is 0. The summed E-state index contributed by atoms with van der Waals surface area (Å²) in [5.74, 6) is 0. The summed E-state index contributed by atoms with van der Waals surface area (Å²) in [6.45, 7) is 16.0. The van der Waals surface area contributed by atoms with Crippen LogP contribution in [-0.2, 0) is 9.13 Å². The van der Waals surface area contributed by atoms with E-state index in [1.165, 1.54) is 0 Å². The van der Waals surface area contributed by atoms with Crippen molar-refractivity contribution in [2.75, 3.05) is 0 Å². The molecule has 0 saturated heterocycles. The molecule has 0 aromatic heterocycles. The van der Waals surface area contributed by atoms with Crippen LogP contribution in [0.2, 0.25) is 0 Å². The van der Waals surface area contributed by atoms with Crippen molar-refractivity contribution < 1.29 is 160 Å². The van der Waals surface area contributed by atoms with Gasteiger partial charge in [-0.15, -0.1) is 0 Å². The van der Waals surface area contributed by atoms with Gasteiger partial charge in [0, 0.05) is 162 Å². The first-order valence-corrected chi connectivity index (χ1v) is 13.2. The van der Waals surface area contributed by atoms with Gasteiger partial charge in [0.2, 0.25) is 0 Å². The van der Waals surface area contributed by atoms with Gasteiger partial charge in [0.15, 0.2) is 16.9 Å². The molecule has 4 aromatic carbocycles. The zero-order valence-electron chi connectivity index (χ0n) is 22.1. The van der Waals surface area contributed by atoms with Crippen LogP contribution in [0.4, 0.5) is 0 Å². The minimum atomic E-state index is -0.0454. The maximum atomic E-state index is 11.8. The molecule has 0 unspecified atom stereocenters. The van der Waals surface area contributed by atoms with E-state index in [0.717, 1.165) is 32.7 Å². The molecule has 0 radical (unpaired) electrons. The summed E-state index contributed by atoms with van der Waals surface area (Å²) in [4.78, 5) is 0. The number of benzene rings is 4. The van der Waals surface area contributed by atoms with E-state index in [2.05, 4.69) is 0 Å². The molecule has 0 fully saturated rings. The molecule has 0 saturated carbocycles. The van der Waals surface area contributed by atoms with Crippen LogP contribution in [0.3, 0.4) is 0 Å². The summed E-state index contributed by atoms with van der Waals surface area (Å²) in [7, 11) is -0.0908. The smallest absolute Gasteiger partial charge is 0.192 e. The predicted molar refractivity (Wildman–Crippen MR) is 153 cm³/mol. The molecule has 0 atom stereocenters. The van der Waals surface area contributed by atoms with Crippen LogP contribution in [-0.4, -0.2) is 0 Å². The van der Waals surface area contributed by atoms with Crippen molar-refractivity contribution in [2.24, 2.45) is 0 Å². The van der Waals surface area contributed by atoms with Gasteiger partial charge < -0.3 is 0 Å². The summed E-state index contributed by atoms with van der Waals surface area (Å²) < 4.78 is 23.6. The summed E-state index contributed by atoms with van der Waals surface area (Å²) in [5.41, 5.74) is 1.78. The Morgan fingerprint density at radius 1 is 0.432 bits per heavy atom. The Morgan fingerprint density at radius 3 is 0.973 bits per heavy atom. The van der Waals surface area contributed by atoms with Gasteiger partial charge in [-0.25, -0.2) is 0 Å². The quantitative estimate of drug-likeness (QED) is 0.209. The van der Waals surface area contributed by atoms with E-state index in [1.54, 1.807) is 0 Å². The Morgan fingerprint density at radius 2 is 0.703 bits per heavy atom. The van der Waals surface area contributed by atoms with Crippen LogP contribution >= 0.6 is 16.9 Å². The van der Waals surface area contributed by atoms with Crippen LogP contribution < -0.4 is 10.6 Å². The molecule has 0 aliphatic heterocycles. The molecule has 8 heteroatoms. The van der Waals surface area contributed by atoms with Crippen molar-refractivity contribution in [3.8, 4) is 11.1 Å². The van der Waals surface area contributed by atoms with Crippen molar-refractivity contribution in [3.05, 3.63) is 72.8 Å². The van der Waals surface area contributed by atoms with Gasteiger partial charge in [-0.2, -0.15) is 0 Å². The maximum absolute atomic E-state index is 11.8. The molecule has 0 aliphatic carbocycles. The van der Waals surface area contributed by atoms with Crippen molar-refractivity contribution >= 4 is 49.1 Å². The molecule has 37 heavy (non-hydrogen) atoms. The van der Waals surface area contributed by atoms with Gasteiger partial charge in [0.1, 0.15) is 0 Å². The summed E-state index contributed by atoms with van der Waals surface area (Å²) in [6, 6.07) is 23.7. The van der Waals surface area contributed by atoms with Crippen molar-refractivity contribution in [3.63, 3.8) is 0 Å². The molecule has 0 N–H and O–H groups in total. The molecule has 4 aromatic rings. The molecule has 210 valence electrons. The Hall–Kier alpha value is 2.64. The average Bonchev–Trinajstić information content (AvgIpc) is 2.92. The van der Waals surface area contributed by atoms with Gasteiger partial charge in [0.05, 0.1) is 10.6 Å². The third-order valence-electron chi connectivity index (χ3n) is 4.26. The fourth-order valence-corrected chi connectivity index (χ4v) is 4.12. The van der Waals surface area contributed by atoms with Crippen LogP contribution in [0.5, 0.6) is 0 Å². The third kappa shape index (κ3) is 15.1. The normalized spacial score (nSPS) is 8.11. The molecule has 0 aliphatic rings. The molecule has 4 rings (SSSR count). The van der Waals surface area contributed by atoms with Crippen LogP contribution in [0.25, 0.3) is 32.7 Å². The Labute approximate surface area is 349 Å². The van der Waals surface area contributed by atoms with Gasteiger partial charge in [0.25, 0.3) is 0 Å². The number of hydrogen-bond donors (Lipinski definition) is 0. The third-order valence-corrected chi connectivity index (χ3v) is 5.40. The first-order chi connectivity index (χ1) is 15.8. The largest absolute Gasteiger partial charge is 0.269 e. The van der Waals surface area contributed by atoms with E-state index in [4.69, 9.17) is 0 Å². The molecule has 2 nitrogen and oxygen atoms in total. The monoisotopic (exact) mass is 642 g/mol. The van der Waals surface area contributed by atoms with E-state index < -0.39 is 0 Å². The standard InChI is InChI=1S/C20H12O2P2.4C2H6.CH4.4Ar/c21-23-17-11-9-13-5-1-3-7-15(13)19(17)20-16-8-4-2-6-14(16)10-12-18(20)24-22;4*1-2;;;;;/h1-12H;4*1-2H3;1H4;;;;. The number of fused-ring (bicyclic) bond motifs is 2. The Bertz CT molecular complexity index is 1030. The van der Waals surface area contributed by atoms with Crippen LogP contribution in [0, 0.1) is 151 Å². The van der Waals surface area contributed by atoms with Crippen LogP contribution in [0.15, 0.2) is 72.8 Å². The fraction of sp³-hybridized carbons (Fsp3) is 0.310. The van der Waals surface area contributed by atoms with E-state index in [-0.39, 0.29) is 175 Å². The summed E-state index contributed by atoms with van der Waals surface area (Å²) in [5, 5.41) is 5.58. The summed E-state index contributed by atoms with van der Waals surface area (Å²) in [6.07, 6.45) is 0. The Balaban J connectivity index is -0.000000170. The first-order valence-electron chi connectivity index (χ1n) is 11.5. The minimum Gasteiger partial charge on any atom is -0.269 e. The molecule has 0 heterocycles. The van der Waals surface area contributed by atoms with E-state index in [9.17, 15) is 9.13 Å².